The fourth-order valence-corrected chi connectivity index (χ4v) is 3.66. The molecule has 2 aromatic carbocycles. The number of allylic oxidation sites excluding steroid dienone is 1. The Hall–Kier alpha value is -3.95. The smallest absolute Gasteiger partial charge is 0.329 e. The van der Waals surface area contributed by atoms with E-state index in [-0.39, 0.29) is 22.5 Å². The van der Waals surface area contributed by atoms with Crippen molar-refractivity contribution in [2.45, 2.75) is 18.8 Å². The Labute approximate surface area is 192 Å². The second-order valence-corrected chi connectivity index (χ2v) is 7.90. The number of nitrogens with zero attached hydrogens (tertiary/aromatic N) is 4. The lowest BCUT2D eigenvalue weighted by Crippen LogP contribution is -2.38. The molecule has 0 unspecified atom stereocenters. The topological polar surface area (TPSA) is 76.5 Å². The first kappa shape index (κ1) is 23.2. The van der Waals surface area contributed by atoms with Gasteiger partial charge in [-0.25, -0.2) is 9.67 Å². The van der Waals surface area contributed by atoms with Gasteiger partial charge in [-0.3, -0.25) is 4.79 Å². The number of anilines is 1. The Morgan fingerprint density at radius 2 is 1.74 bits per heavy atom. The zero-order valence-electron chi connectivity index (χ0n) is 18.1. The monoisotopic (exact) mass is 471 g/mol. The Bertz CT molecular complexity index is 1300. The maximum absolute atomic E-state index is 13.6. The number of hydrogen-bond donors (Lipinski definition) is 1. The largest absolute Gasteiger partial charge is 0.405 e. The van der Waals surface area contributed by atoms with Crippen molar-refractivity contribution >= 4 is 17.1 Å². The predicted molar refractivity (Wildman–Crippen MR) is 123 cm³/mol. The number of aryl methyl sites for hydroxylation is 1. The first-order chi connectivity index (χ1) is 16.1. The van der Waals surface area contributed by atoms with E-state index >= 15 is 0 Å². The average molecular weight is 471 g/mol. The van der Waals surface area contributed by atoms with Gasteiger partial charge in [-0.05, 0) is 55.1 Å². The van der Waals surface area contributed by atoms with Gasteiger partial charge in [0.1, 0.15) is 0 Å². The number of benzene rings is 2. The summed E-state index contributed by atoms with van der Waals surface area (Å²) in [5.74, 6) is -8.19. The van der Waals surface area contributed by atoms with Crippen LogP contribution >= 0.6 is 0 Å². The zero-order chi connectivity index (χ0) is 24.5. The summed E-state index contributed by atoms with van der Waals surface area (Å²) >= 11 is 0. The number of halogens is 4. The van der Waals surface area contributed by atoms with Gasteiger partial charge in [-0.15, -0.1) is 0 Å². The number of hydrogen-bond acceptors (Lipinski definition) is 5. The highest BCUT2D eigenvalue weighted by Gasteiger charge is 2.62. The molecular formula is C24H21F4N5O. The first-order valence-corrected chi connectivity index (χ1v) is 10.4. The van der Waals surface area contributed by atoms with Gasteiger partial charge in [0, 0.05) is 18.0 Å². The van der Waals surface area contributed by atoms with E-state index in [0.717, 1.165) is 4.90 Å². The lowest BCUT2D eigenvalue weighted by molar-refractivity contribution is -0.172. The van der Waals surface area contributed by atoms with Crippen molar-refractivity contribution in [3.8, 4) is 5.69 Å². The number of aliphatic imine (C=N–C) groups is 1. The molecule has 176 valence electrons. The van der Waals surface area contributed by atoms with Crippen LogP contribution in [0.2, 0.25) is 0 Å². The highest BCUT2D eigenvalue weighted by Crippen LogP contribution is 2.42. The second-order valence-electron chi connectivity index (χ2n) is 7.90. The zero-order valence-corrected chi connectivity index (χ0v) is 18.1. The number of aromatic nitrogens is 2. The molecule has 0 radical (unpaired) electrons. The van der Waals surface area contributed by atoms with Crippen molar-refractivity contribution in [1.82, 2.24) is 9.78 Å². The van der Waals surface area contributed by atoms with Crippen molar-refractivity contribution in [3.05, 3.63) is 94.6 Å². The van der Waals surface area contributed by atoms with Gasteiger partial charge in [0.2, 0.25) is 5.43 Å². The third-order valence-electron chi connectivity index (χ3n) is 5.42. The minimum absolute atomic E-state index is 0.0513. The van der Waals surface area contributed by atoms with Crippen LogP contribution in [0.25, 0.3) is 5.69 Å². The van der Waals surface area contributed by atoms with Crippen LogP contribution in [0.1, 0.15) is 11.3 Å². The van der Waals surface area contributed by atoms with Crippen LogP contribution in [-0.4, -0.2) is 40.4 Å². The molecule has 4 rings (SSSR count). The Balaban J connectivity index is 1.70. The molecule has 0 bridgehead atoms. The van der Waals surface area contributed by atoms with E-state index in [1.54, 1.807) is 37.3 Å². The molecule has 0 spiro atoms. The Morgan fingerprint density at radius 1 is 1.06 bits per heavy atom. The molecule has 1 aromatic heterocycles. The summed E-state index contributed by atoms with van der Waals surface area (Å²) in [5, 5.41) is 4.40. The second kappa shape index (κ2) is 8.77. The van der Waals surface area contributed by atoms with Crippen molar-refractivity contribution in [3.63, 3.8) is 0 Å². The molecule has 1 fully saturated rings. The van der Waals surface area contributed by atoms with Crippen molar-refractivity contribution in [2.75, 3.05) is 18.0 Å². The number of para-hydroxylation sites is 1. The van der Waals surface area contributed by atoms with Gasteiger partial charge < -0.3 is 10.6 Å². The highest BCUT2D eigenvalue weighted by atomic mass is 19.3. The van der Waals surface area contributed by atoms with Crippen LogP contribution in [0.15, 0.2) is 82.9 Å². The van der Waals surface area contributed by atoms with Gasteiger partial charge >= 0.3 is 11.8 Å². The van der Waals surface area contributed by atoms with Crippen LogP contribution in [0.4, 0.5) is 28.9 Å². The molecular weight excluding hydrogens is 450 g/mol. The van der Waals surface area contributed by atoms with E-state index in [1.807, 2.05) is 6.07 Å². The average Bonchev–Trinajstić information content (AvgIpc) is 3.01. The summed E-state index contributed by atoms with van der Waals surface area (Å²) in [7, 11) is 0. The Kier molecular flexibility index (Phi) is 5.99. The SMILES string of the molecule is Cc1cc(N2CC(F)(F)C(F)(F)C2)ccc1-n1ccc(=O)c(C(C=CN)=Nc2ccccc2)n1. The predicted octanol–water partition coefficient (Wildman–Crippen LogP) is 4.22. The lowest BCUT2D eigenvalue weighted by atomic mass is 10.1. The first-order valence-electron chi connectivity index (χ1n) is 10.4. The molecule has 0 atom stereocenters. The summed E-state index contributed by atoms with van der Waals surface area (Å²) in [6.07, 6.45) is 4.17. The molecule has 1 saturated heterocycles. The number of alkyl halides is 4. The Morgan fingerprint density at radius 3 is 2.35 bits per heavy atom. The lowest BCUT2D eigenvalue weighted by Gasteiger charge is -2.19. The fraction of sp³-hybridized carbons (Fsp3) is 0.208. The molecule has 10 heteroatoms. The maximum atomic E-state index is 13.6. The summed E-state index contributed by atoms with van der Waals surface area (Å²) in [6.45, 7) is -0.433. The number of nitrogens with two attached hydrogens (primary N) is 1. The van der Waals surface area contributed by atoms with E-state index in [4.69, 9.17) is 5.73 Å². The standard InChI is InChI=1S/C24H21F4N5O/c1-16-13-18(32-14-23(25,26)24(27,28)15-32)7-8-20(16)33-12-10-21(34)22(31-33)19(9-11-29)30-17-5-3-2-4-6-17/h2-13H,14-15,29H2,1H3. The molecule has 0 aliphatic carbocycles. The molecule has 6 nitrogen and oxygen atoms in total. The third kappa shape index (κ3) is 4.43. The van der Waals surface area contributed by atoms with Gasteiger partial charge in [0.15, 0.2) is 5.69 Å². The van der Waals surface area contributed by atoms with Crippen molar-refractivity contribution in [1.29, 1.82) is 0 Å². The maximum Gasteiger partial charge on any atom is 0.329 e. The van der Waals surface area contributed by atoms with E-state index in [2.05, 4.69) is 10.1 Å². The summed E-state index contributed by atoms with van der Waals surface area (Å²) in [5.41, 5.74) is 7.46. The van der Waals surface area contributed by atoms with Gasteiger partial charge in [-0.2, -0.15) is 22.7 Å². The van der Waals surface area contributed by atoms with Crippen molar-refractivity contribution < 1.29 is 17.6 Å². The van der Waals surface area contributed by atoms with Gasteiger partial charge in [0.25, 0.3) is 0 Å². The van der Waals surface area contributed by atoms with E-state index < -0.39 is 24.9 Å². The quantitative estimate of drug-likeness (QED) is 0.447. The summed E-state index contributed by atoms with van der Waals surface area (Å²) in [6, 6.07) is 14.9. The molecule has 3 aromatic rings. The molecule has 34 heavy (non-hydrogen) atoms. The molecule has 2 heterocycles. The summed E-state index contributed by atoms with van der Waals surface area (Å²) in [4.78, 5) is 18.0. The molecule has 0 saturated carbocycles. The minimum atomic E-state index is -4.10. The van der Waals surface area contributed by atoms with Gasteiger partial charge in [0.05, 0.1) is 30.2 Å². The van der Waals surface area contributed by atoms with Crippen LogP contribution in [-0.2, 0) is 0 Å². The molecule has 0 amide bonds. The highest BCUT2D eigenvalue weighted by molar-refractivity contribution is 6.08. The molecule has 1 aliphatic rings. The number of rotatable bonds is 5. The molecule has 1 aliphatic heterocycles. The van der Waals surface area contributed by atoms with E-state index in [1.165, 1.54) is 41.4 Å². The van der Waals surface area contributed by atoms with Crippen LogP contribution < -0.4 is 16.1 Å². The van der Waals surface area contributed by atoms with Crippen molar-refractivity contribution in [2.24, 2.45) is 10.7 Å². The van der Waals surface area contributed by atoms with Crippen LogP contribution in [0.3, 0.4) is 0 Å². The minimum Gasteiger partial charge on any atom is -0.405 e. The summed E-state index contributed by atoms with van der Waals surface area (Å²) < 4.78 is 55.9. The van der Waals surface area contributed by atoms with Gasteiger partial charge in [-0.1, -0.05) is 18.2 Å². The van der Waals surface area contributed by atoms with Crippen LogP contribution in [0, 0.1) is 6.92 Å². The van der Waals surface area contributed by atoms with Crippen LogP contribution in [0.5, 0.6) is 0 Å². The van der Waals surface area contributed by atoms with E-state index in [0.29, 0.717) is 16.9 Å². The normalized spacial score (nSPS) is 17.4. The van der Waals surface area contributed by atoms with E-state index in [9.17, 15) is 22.4 Å². The fourth-order valence-electron chi connectivity index (χ4n) is 3.66. The molecule has 2 N–H and O–H groups in total. The third-order valence-corrected chi connectivity index (χ3v) is 5.42.